The van der Waals surface area contributed by atoms with Gasteiger partial charge in [0.25, 0.3) is 5.91 Å². The fraction of sp³-hybridized carbons (Fsp3) is 0.357. The van der Waals surface area contributed by atoms with Gasteiger partial charge in [-0.15, -0.1) is 0 Å². The van der Waals surface area contributed by atoms with Crippen LogP contribution in [0.15, 0.2) is 24.3 Å². The zero-order valence-electron chi connectivity index (χ0n) is 10.2. The molecule has 4 rings (SSSR count). The molecule has 1 amide bonds. The van der Waals surface area contributed by atoms with Gasteiger partial charge in [0, 0.05) is 24.0 Å². The van der Waals surface area contributed by atoms with E-state index in [-0.39, 0.29) is 17.8 Å². The summed E-state index contributed by atoms with van der Waals surface area (Å²) >= 11 is 0. The zero-order valence-corrected chi connectivity index (χ0v) is 10.2. The number of nitrogens with zero attached hydrogens (tertiary/aromatic N) is 1. The predicted molar refractivity (Wildman–Crippen MR) is 67.4 cm³/mol. The molecule has 0 spiro atoms. The highest BCUT2D eigenvalue weighted by molar-refractivity contribution is 5.98. The molecule has 2 aliphatic heterocycles. The Morgan fingerprint density at radius 2 is 2.26 bits per heavy atom. The summed E-state index contributed by atoms with van der Waals surface area (Å²) in [6.45, 7) is 1.39. The van der Waals surface area contributed by atoms with Crippen LogP contribution in [-0.2, 0) is 4.74 Å². The highest BCUT2D eigenvalue weighted by atomic mass is 19.1. The highest BCUT2D eigenvalue weighted by Crippen LogP contribution is 2.31. The van der Waals surface area contributed by atoms with Crippen LogP contribution in [0.1, 0.15) is 16.9 Å². The summed E-state index contributed by atoms with van der Waals surface area (Å²) in [7, 11) is 0. The van der Waals surface area contributed by atoms with Crippen LogP contribution in [0, 0.1) is 5.82 Å². The zero-order chi connectivity index (χ0) is 13.0. The molecule has 1 aromatic carbocycles. The monoisotopic (exact) mass is 260 g/mol. The number of aromatic amines is 1. The molecule has 0 aliphatic carbocycles. The molecule has 4 nitrogen and oxygen atoms in total. The van der Waals surface area contributed by atoms with Crippen LogP contribution in [0.3, 0.4) is 0 Å². The van der Waals surface area contributed by atoms with E-state index in [2.05, 4.69) is 4.98 Å². The molecule has 5 heteroatoms. The molecule has 1 aromatic heterocycles. The van der Waals surface area contributed by atoms with Crippen molar-refractivity contribution in [2.24, 2.45) is 0 Å². The van der Waals surface area contributed by atoms with Crippen LogP contribution in [0.4, 0.5) is 4.39 Å². The van der Waals surface area contributed by atoms with Crippen molar-refractivity contribution in [2.75, 3.05) is 13.1 Å². The number of carbonyl (C=O) groups excluding carboxylic acids is 1. The minimum atomic E-state index is -0.294. The standard InChI is InChI=1S/C14H13FN2O2/c15-9-1-2-10-8(5-9)6-11(16-10)14(18)17-4-3-12-13(7-17)19-12/h1-2,5-6,12-13,16H,3-4,7H2/t12-,13-/m1/s1. The molecule has 2 aliphatic rings. The van der Waals surface area contributed by atoms with Gasteiger partial charge in [0.15, 0.2) is 0 Å². The first-order chi connectivity index (χ1) is 9.20. The minimum absolute atomic E-state index is 0.0365. The molecule has 19 heavy (non-hydrogen) atoms. The molecule has 0 unspecified atom stereocenters. The number of carbonyl (C=O) groups is 1. The van der Waals surface area contributed by atoms with Gasteiger partial charge in [0.1, 0.15) is 17.6 Å². The number of benzene rings is 1. The molecule has 98 valence electrons. The third kappa shape index (κ3) is 1.81. The van der Waals surface area contributed by atoms with Gasteiger partial charge in [-0.25, -0.2) is 4.39 Å². The van der Waals surface area contributed by atoms with E-state index in [0.29, 0.717) is 18.3 Å². The molecule has 0 radical (unpaired) electrons. The summed E-state index contributed by atoms with van der Waals surface area (Å²) in [6, 6.07) is 6.17. The Morgan fingerprint density at radius 3 is 3.11 bits per heavy atom. The third-order valence-electron chi connectivity index (χ3n) is 3.87. The van der Waals surface area contributed by atoms with Crippen LogP contribution in [0.25, 0.3) is 10.9 Å². The van der Waals surface area contributed by atoms with Crippen molar-refractivity contribution in [3.05, 3.63) is 35.8 Å². The lowest BCUT2D eigenvalue weighted by atomic mass is 10.1. The molecule has 3 heterocycles. The summed E-state index contributed by atoms with van der Waals surface area (Å²) in [6.07, 6.45) is 1.49. The second-order valence-corrected chi connectivity index (χ2v) is 5.17. The number of hydrogen-bond donors (Lipinski definition) is 1. The van der Waals surface area contributed by atoms with Gasteiger partial charge in [0.05, 0.1) is 6.10 Å². The number of rotatable bonds is 1. The number of fused-ring (bicyclic) bond motifs is 2. The number of halogens is 1. The maximum Gasteiger partial charge on any atom is 0.270 e. The summed E-state index contributed by atoms with van der Waals surface area (Å²) in [5.74, 6) is -0.330. The Morgan fingerprint density at radius 1 is 1.37 bits per heavy atom. The summed E-state index contributed by atoms with van der Waals surface area (Å²) < 4.78 is 18.5. The van der Waals surface area contributed by atoms with Crippen LogP contribution in [0.2, 0.25) is 0 Å². The number of piperidine rings is 1. The quantitative estimate of drug-likeness (QED) is 0.796. The van der Waals surface area contributed by atoms with Gasteiger partial charge < -0.3 is 14.6 Å². The lowest BCUT2D eigenvalue weighted by Crippen LogP contribution is -2.39. The van der Waals surface area contributed by atoms with Crippen molar-refractivity contribution >= 4 is 16.8 Å². The molecule has 2 aromatic rings. The maximum absolute atomic E-state index is 13.1. The number of epoxide rings is 1. The van der Waals surface area contributed by atoms with E-state index in [0.717, 1.165) is 23.9 Å². The Bertz CT molecular complexity index is 667. The molecular weight excluding hydrogens is 247 g/mol. The van der Waals surface area contributed by atoms with Crippen molar-refractivity contribution < 1.29 is 13.9 Å². The Hall–Kier alpha value is -1.88. The average molecular weight is 260 g/mol. The van der Waals surface area contributed by atoms with Crippen molar-refractivity contribution in [1.29, 1.82) is 0 Å². The Kier molecular flexibility index (Phi) is 2.20. The first-order valence-electron chi connectivity index (χ1n) is 6.44. The van der Waals surface area contributed by atoms with Crippen LogP contribution in [-0.4, -0.2) is 41.1 Å². The normalized spacial score (nSPS) is 25.4. The van der Waals surface area contributed by atoms with E-state index in [4.69, 9.17) is 4.74 Å². The second-order valence-electron chi connectivity index (χ2n) is 5.17. The lowest BCUT2D eigenvalue weighted by molar-refractivity contribution is 0.0731. The smallest absolute Gasteiger partial charge is 0.270 e. The van der Waals surface area contributed by atoms with Crippen LogP contribution >= 0.6 is 0 Å². The van der Waals surface area contributed by atoms with E-state index >= 15 is 0 Å². The molecular formula is C14H13FN2O2. The lowest BCUT2D eigenvalue weighted by Gasteiger charge is -2.23. The molecule has 2 saturated heterocycles. The summed E-state index contributed by atoms with van der Waals surface area (Å²) in [5, 5.41) is 0.723. The molecule has 1 N–H and O–H groups in total. The van der Waals surface area contributed by atoms with Crippen molar-refractivity contribution in [1.82, 2.24) is 9.88 Å². The average Bonchev–Trinajstić information content (AvgIpc) is 3.07. The van der Waals surface area contributed by atoms with Crippen molar-refractivity contribution in [3.8, 4) is 0 Å². The maximum atomic E-state index is 13.1. The van der Waals surface area contributed by atoms with Crippen LogP contribution in [0.5, 0.6) is 0 Å². The van der Waals surface area contributed by atoms with E-state index in [9.17, 15) is 9.18 Å². The number of amides is 1. The molecule has 0 bridgehead atoms. The molecule has 2 atom stereocenters. The SMILES string of the molecule is O=C(c1cc2cc(F)ccc2[nH]1)N1CC[C@H]2O[C@@H]2C1. The predicted octanol–water partition coefficient (Wildman–Crippen LogP) is 1.92. The summed E-state index contributed by atoms with van der Waals surface area (Å²) in [5.41, 5.74) is 1.29. The van der Waals surface area contributed by atoms with E-state index in [1.165, 1.54) is 12.1 Å². The Balaban J connectivity index is 1.63. The first kappa shape index (κ1) is 11.0. The number of hydrogen-bond acceptors (Lipinski definition) is 2. The number of aromatic nitrogens is 1. The van der Waals surface area contributed by atoms with Gasteiger partial charge in [-0.2, -0.15) is 0 Å². The van der Waals surface area contributed by atoms with Gasteiger partial charge in [-0.1, -0.05) is 0 Å². The van der Waals surface area contributed by atoms with Gasteiger partial charge in [0.2, 0.25) is 0 Å². The van der Waals surface area contributed by atoms with E-state index in [1.54, 1.807) is 17.0 Å². The van der Waals surface area contributed by atoms with Gasteiger partial charge in [-0.05, 0) is 30.7 Å². The fourth-order valence-electron chi connectivity index (χ4n) is 2.76. The minimum Gasteiger partial charge on any atom is -0.368 e. The largest absolute Gasteiger partial charge is 0.368 e. The Labute approximate surface area is 109 Å². The number of likely N-dealkylation sites (tertiary alicyclic amines) is 1. The second kappa shape index (κ2) is 3.81. The first-order valence-corrected chi connectivity index (χ1v) is 6.44. The van der Waals surface area contributed by atoms with E-state index < -0.39 is 0 Å². The topological polar surface area (TPSA) is 48.6 Å². The molecule has 0 saturated carbocycles. The molecule has 2 fully saturated rings. The van der Waals surface area contributed by atoms with Gasteiger partial charge in [-0.3, -0.25) is 4.79 Å². The third-order valence-corrected chi connectivity index (χ3v) is 3.87. The number of nitrogens with one attached hydrogen (secondary N) is 1. The van der Waals surface area contributed by atoms with Crippen molar-refractivity contribution in [3.63, 3.8) is 0 Å². The van der Waals surface area contributed by atoms with Crippen LogP contribution < -0.4 is 0 Å². The fourth-order valence-corrected chi connectivity index (χ4v) is 2.76. The number of H-pyrrole nitrogens is 1. The van der Waals surface area contributed by atoms with E-state index in [1.807, 2.05) is 0 Å². The highest BCUT2D eigenvalue weighted by Gasteiger charge is 2.44. The number of ether oxygens (including phenoxy) is 1. The summed E-state index contributed by atoms with van der Waals surface area (Å²) in [4.78, 5) is 17.2. The van der Waals surface area contributed by atoms with Crippen molar-refractivity contribution in [2.45, 2.75) is 18.6 Å². The van der Waals surface area contributed by atoms with Gasteiger partial charge >= 0.3 is 0 Å².